The second-order valence-corrected chi connectivity index (χ2v) is 4.91. The summed E-state index contributed by atoms with van der Waals surface area (Å²) in [5, 5.41) is 13.5. The standard InChI is InChI=1S/C11H16N4S/c1-8(2)11-14-10(7-16-11)6-12-5-9-3-4-13-15-9/h3-4,7-8,12H,5-6H2,1-2H3,(H,13,15). The van der Waals surface area contributed by atoms with Gasteiger partial charge in [0.25, 0.3) is 0 Å². The molecule has 86 valence electrons. The summed E-state index contributed by atoms with van der Waals surface area (Å²) in [6.07, 6.45) is 1.76. The van der Waals surface area contributed by atoms with Gasteiger partial charge in [0.1, 0.15) is 0 Å². The van der Waals surface area contributed by atoms with Crippen molar-refractivity contribution in [3.63, 3.8) is 0 Å². The second kappa shape index (κ2) is 5.23. The smallest absolute Gasteiger partial charge is 0.0954 e. The van der Waals surface area contributed by atoms with Gasteiger partial charge < -0.3 is 5.32 Å². The number of aromatic amines is 1. The molecule has 16 heavy (non-hydrogen) atoms. The zero-order valence-electron chi connectivity index (χ0n) is 9.53. The first kappa shape index (κ1) is 11.3. The van der Waals surface area contributed by atoms with Gasteiger partial charge in [-0.05, 0) is 6.07 Å². The van der Waals surface area contributed by atoms with E-state index in [2.05, 4.69) is 39.7 Å². The molecule has 2 aromatic rings. The van der Waals surface area contributed by atoms with E-state index in [-0.39, 0.29) is 0 Å². The summed E-state index contributed by atoms with van der Waals surface area (Å²) < 4.78 is 0. The summed E-state index contributed by atoms with van der Waals surface area (Å²) in [6.45, 7) is 5.94. The molecule has 0 aromatic carbocycles. The molecule has 0 atom stereocenters. The van der Waals surface area contributed by atoms with E-state index in [1.165, 1.54) is 5.01 Å². The van der Waals surface area contributed by atoms with Crippen LogP contribution in [0.1, 0.15) is 36.2 Å². The number of rotatable bonds is 5. The van der Waals surface area contributed by atoms with Crippen molar-refractivity contribution in [3.8, 4) is 0 Å². The van der Waals surface area contributed by atoms with Crippen LogP contribution in [0.3, 0.4) is 0 Å². The predicted octanol–water partition coefficient (Wildman–Crippen LogP) is 2.28. The van der Waals surface area contributed by atoms with Crippen molar-refractivity contribution in [2.24, 2.45) is 0 Å². The summed E-state index contributed by atoms with van der Waals surface area (Å²) in [6, 6.07) is 1.97. The maximum absolute atomic E-state index is 4.56. The Kier molecular flexibility index (Phi) is 3.69. The van der Waals surface area contributed by atoms with Crippen LogP contribution in [0.4, 0.5) is 0 Å². The summed E-state index contributed by atoms with van der Waals surface area (Å²) in [4.78, 5) is 4.56. The van der Waals surface area contributed by atoms with E-state index in [0.717, 1.165) is 24.5 Å². The topological polar surface area (TPSA) is 53.6 Å². The molecule has 0 aliphatic carbocycles. The third-order valence-electron chi connectivity index (χ3n) is 2.24. The fourth-order valence-corrected chi connectivity index (χ4v) is 2.21. The van der Waals surface area contributed by atoms with Gasteiger partial charge in [0.05, 0.1) is 10.7 Å². The Bertz CT molecular complexity index is 419. The van der Waals surface area contributed by atoms with Crippen LogP contribution >= 0.6 is 11.3 Å². The SMILES string of the molecule is CC(C)c1nc(CNCc2ccn[nH]2)cs1. The number of H-pyrrole nitrogens is 1. The first-order valence-corrected chi connectivity index (χ1v) is 6.27. The van der Waals surface area contributed by atoms with Crippen molar-refractivity contribution in [2.45, 2.75) is 32.9 Å². The lowest BCUT2D eigenvalue weighted by molar-refractivity contribution is 0.664. The zero-order valence-corrected chi connectivity index (χ0v) is 10.3. The monoisotopic (exact) mass is 236 g/mol. The van der Waals surface area contributed by atoms with Crippen molar-refractivity contribution < 1.29 is 0 Å². The van der Waals surface area contributed by atoms with Crippen molar-refractivity contribution in [3.05, 3.63) is 34.0 Å². The quantitative estimate of drug-likeness (QED) is 0.837. The molecule has 5 heteroatoms. The minimum Gasteiger partial charge on any atom is -0.305 e. The third-order valence-corrected chi connectivity index (χ3v) is 3.44. The van der Waals surface area contributed by atoms with Crippen LogP contribution in [0.2, 0.25) is 0 Å². The molecule has 0 saturated heterocycles. The molecular formula is C11H16N4S. The molecule has 0 spiro atoms. The van der Waals surface area contributed by atoms with E-state index < -0.39 is 0 Å². The Morgan fingerprint density at radius 3 is 2.94 bits per heavy atom. The minimum absolute atomic E-state index is 0.520. The molecule has 0 saturated carbocycles. The van der Waals surface area contributed by atoms with E-state index in [0.29, 0.717) is 5.92 Å². The molecule has 0 fully saturated rings. The summed E-state index contributed by atoms with van der Waals surface area (Å²) in [5.74, 6) is 0.520. The lowest BCUT2D eigenvalue weighted by Crippen LogP contribution is -2.13. The average molecular weight is 236 g/mol. The molecule has 0 amide bonds. The van der Waals surface area contributed by atoms with Gasteiger partial charge in [0.2, 0.25) is 0 Å². The maximum Gasteiger partial charge on any atom is 0.0954 e. The van der Waals surface area contributed by atoms with E-state index >= 15 is 0 Å². The lowest BCUT2D eigenvalue weighted by Gasteiger charge is -2.00. The number of nitrogens with zero attached hydrogens (tertiary/aromatic N) is 2. The Hall–Kier alpha value is -1.20. The van der Waals surface area contributed by atoms with Crippen LogP contribution in [0.15, 0.2) is 17.6 Å². The molecule has 2 rings (SSSR count). The molecule has 0 bridgehead atoms. The Morgan fingerprint density at radius 1 is 1.44 bits per heavy atom. The van der Waals surface area contributed by atoms with Crippen molar-refractivity contribution in [1.29, 1.82) is 0 Å². The normalized spacial score (nSPS) is 11.2. The summed E-state index contributed by atoms with van der Waals surface area (Å²) in [5.41, 5.74) is 2.22. The van der Waals surface area contributed by atoms with Crippen LogP contribution in [0.5, 0.6) is 0 Å². The third kappa shape index (κ3) is 2.90. The Morgan fingerprint density at radius 2 is 2.31 bits per heavy atom. The highest BCUT2D eigenvalue weighted by atomic mass is 32.1. The fourth-order valence-electron chi connectivity index (χ4n) is 1.38. The summed E-state index contributed by atoms with van der Waals surface area (Å²) >= 11 is 1.73. The molecular weight excluding hydrogens is 220 g/mol. The van der Waals surface area contributed by atoms with Gasteiger partial charge in [0, 0.05) is 36.3 Å². The largest absolute Gasteiger partial charge is 0.305 e. The van der Waals surface area contributed by atoms with Gasteiger partial charge in [-0.15, -0.1) is 11.3 Å². The number of thiazole rings is 1. The van der Waals surface area contributed by atoms with Crippen LogP contribution < -0.4 is 5.32 Å². The van der Waals surface area contributed by atoms with Crippen LogP contribution in [-0.4, -0.2) is 15.2 Å². The van der Waals surface area contributed by atoms with E-state index in [1.54, 1.807) is 17.5 Å². The predicted molar refractivity (Wildman–Crippen MR) is 65.3 cm³/mol. The molecule has 4 nitrogen and oxygen atoms in total. The first-order chi connectivity index (χ1) is 7.75. The average Bonchev–Trinajstić information content (AvgIpc) is 2.87. The van der Waals surface area contributed by atoms with Crippen LogP contribution in [0, 0.1) is 0 Å². The van der Waals surface area contributed by atoms with Crippen molar-refractivity contribution in [1.82, 2.24) is 20.5 Å². The van der Waals surface area contributed by atoms with Gasteiger partial charge in [0.15, 0.2) is 0 Å². The van der Waals surface area contributed by atoms with Crippen LogP contribution in [-0.2, 0) is 13.1 Å². The second-order valence-electron chi connectivity index (χ2n) is 4.02. The number of aromatic nitrogens is 3. The molecule has 2 N–H and O–H groups in total. The van der Waals surface area contributed by atoms with Gasteiger partial charge in [-0.3, -0.25) is 5.10 Å². The van der Waals surface area contributed by atoms with Gasteiger partial charge in [-0.25, -0.2) is 4.98 Å². The highest BCUT2D eigenvalue weighted by Crippen LogP contribution is 2.18. The molecule has 0 unspecified atom stereocenters. The van der Waals surface area contributed by atoms with E-state index in [9.17, 15) is 0 Å². The number of nitrogens with one attached hydrogen (secondary N) is 2. The molecule has 2 heterocycles. The fraction of sp³-hybridized carbons (Fsp3) is 0.455. The first-order valence-electron chi connectivity index (χ1n) is 5.39. The Balaban J connectivity index is 1.81. The molecule has 2 aromatic heterocycles. The molecule has 0 aliphatic heterocycles. The minimum atomic E-state index is 0.520. The van der Waals surface area contributed by atoms with Crippen LogP contribution in [0.25, 0.3) is 0 Å². The zero-order chi connectivity index (χ0) is 11.4. The molecule has 0 aliphatic rings. The Labute approximate surface area is 99.1 Å². The van der Waals surface area contributed by atoms with Gasteiger partial charge in [-0.2, -0.15) is 5.10 Å². The van der Waals surface area contributed by atoms with Crippen molar-refractivity contribution in [2.75, 3.05) is 0 Å². The van der Waals surface area contributed by atoms with Gasteiger partial charge >= 0.3 is 0 Å². The lowest BCUT2D eigenvalue weighted by atomic mass is 10.2. The van der Waals surface area contributed by atoms with E-state index in [1.807, 2.05) is 6.07 Å². The summed E-state index contributed by atoms with van der Waals surface area (Å²) in [7, 11) is 0. The van der Waals surface area contributed by atoms with Gasteiger partial charge in [-0.1, -0.05) is 13.8 Å². The number of hydrogen-bond donors (Lipinski definition) is 2. The van der Waals surface area contributed by atoms with E-state index in [4.69, 9.17) is 0 Å². The molecule has 0 radical (unpaired) electrons. The number of hydrogen-bond acceptors (Lipinski definition) is 4. The highest BCUT2D eigenvalue weighted by molar-refractivity contribution is 7.09. The highest BCUT2D eigenvalue weighted by Gasteiger charge is 2.05. The maximum atomic E-state index is 4.56. The van der Waals surface area contributed by atoms with Crippen molar-refractivity contribution >= 4 is 11.3 Å².